The number of imidazole rings is 1. The molecule has 0 amide bonds. The molecular formula is C29H28FN7O2. The summed E-state index contributed by atoms with van der Waals surface area (Å²) in [5, 5.41) is 16.1. The fraction of sp³-hybridized carbons (Fsp3) is 0.310. The van der Waals surface area contributed by atoms with Gasteiger partial charge >= 0.3 is 6.01 Å². The molecule has 39 heavy (non-hydrogen) atoms. The van der Waals surface area contributed by atoms with E-state index >= 15 is 4.39 Å². The van der Waals surface area contributed by atoms with Crippen LogP contribution in [0, 0.1) is 5.82 Å². The lowest BCUT2D eigenvalue weighted by atomic mass is 10.0. The summed E-state index contributed by atoms with van der Waals surface area (Å²) in [6.07, 6.45) is 8.02. The summed E-state index contributed by atoms with van der Waals surface area (Å²) in [5.74, 6) is 0.109. The molecule has 198 valence electrons. The number of anilines is 1. The third-order valence-electron chi connectivity index (χ3n) is 7.77. The summed E-state index contributed by atoms with van der Waals surface area (Å²) >= 11 is 0. The van der Waals surface area contributed by atoms with Crippen LogP contribution in [-0.4, -0.2) is 61.4 Å². The number of aromatic hydroxyl groups is 1. The molecule has 0 aliphatic carbocycles. The first-order valence-electron chi connectivity index (χ1n) is 13.2. The molecule has 2 bridgehead atoms. The molecule has 2 N–H and O–H groups in total. The minimum absolute atomic E-state index is 0.0452. The second-order valence-corrected chi connectivity index (χ2v) is 10.4. The first kappa shape index (κ1) is 23.8. The molecule has 3 aromatic heterocycles. The summed E-state index contributed by atoms with van der Waals surface area (Å²) < 4.78 is 24.3. The van der Waals surface area contributed by atoms with Crippen molar-refractivity contribution in [3.63, 3.8) is 0 Å². The second-order valence-electron chi connectivity index (χ2n) is 10.4. The predicted octanol–water partition coefficient (Wildman–Crippen LogP) is 3.99. The molecule has 10 heteroatoms. The smallest absolute Gasteiger partial charge is 0.319 e. The zero-order valence-corrected chi connectivity index (χ0v) is 21.5. The molecule has 5 heterocycles. The van der Waals surface area contributed by atoms with Crippen LogP contribution >= 0.6 is 0 Å². The Morgan fingerprint density at radius 1 is 1.08 bits per heavy atom. The zero-order chi connectivity index (χ0) is 26.5. The summed E-state index contributed by atoms with van der Waals surface area (Å²) in [4.78, 5) is 20.2. The van der Waals surface area contributed by atoms with Crippen molar-refractivity contribution in [3.8, 4) is 23.0 Å². The number of benzene rings is 2. The summed E-state index contributed by atoms with van der Waals surface area (Å²) in [7, 11) is 1.93. The molecule has 0 radical (unpaired) electrons. The van der Waals surface area contributed by atoms with Crippen LogP contribution in [0.2, 0.25) is 0 Å². The Morgan fingerprint density at radius 2 is 1.90 bits per heavy atom. The van der Waals surface area contributed by atoms with Gasteiger partial charge in [0, 0.05) is 62.3 Å². The lowest BCUT2D eigenvalue weighted by Crippen LogP contribution is -2.51. The largest absolute Gasteiger partial charge is 0.508 e. The van der Waals surface area contributed by atoms with E-state index in [0.29, 0.717) is 41.9 Å². The lowest BCUT2D eigenvalue weighted by Gasteiger charge is -2.34. The molecule has 2 atom stereocenters. The number of hydrogen-bond acceptors (Lipinski definition) is 8. The van der Waals surface area contributed by atoms with Crippen LogP contribution < -0.4 is 15.0 Å². The zero-order valence-electron chi connectivity index (χ0n) is 21.5. The third kappa shape index (κ3) is 4.30. The van der Waals surface area contributed by atoms with E-state index in [1.54, 1.807) is 30.9 Å². The number of hydrogen-bond donors (Lipinski definition) is 2. The van der Waals surface area contributed by atoms with Crippen molar-refractivity contribution in [3.05, 3.63) is 66.6 Å². The van der Waals surface area contributed by atoms with Gasteiger partial charge in [-0.1, -0.05) is 24.3 Å². The molecule has 5 aromatic rings. The fourth-order valence-corrected chi connectivity index (χ4v) is 5.85. The molecule has 0 saturated carbocycles. The van der Waals surface area contributed by atoms with Gasteiger partial charge in [0.25, 0.3) is 0 Å². The quantitative estimate of drug-likeness (QED) is 0.343. The highest BCUT2D eigenvalue weighted by Gasteiger charge is 2.34. The highest BCUT2D eigenvalue weighted by molar-refractivity contribution is 5.99. The van der Waals surface area contributed by atoms with Crippen LogP contribution in [0.3, 0.4) is 0 Å². The maximum absolute atomic E-state index is 16.4. The van der Waals surface area contributed by atoms with Gasteiger partial charge in [0.05, 0.1) is 18.3 Å². The molecule has 2 aliphatic rings. The van der Waals surface area contributed by atoms with Crippen LogP contribution in [0.15, 0.2) is 55.1 Å². The Bertz CT molecular complexity index is 1690. The monoisotopic (exact) mass is 525 g/mol. The summed E-state index contributed by atoms with van der Waals surface area (Å²) in [6, 6.07) is 11.6. The van der Waals surface area contributed by atoms with Crippen molar-refractivity contribution >= 4 is 27.5 Å². The highest BCUT2D eigenvalue weighted by atomic mass is 19.1. The number of phenolic OH excluding ortho intramolecular Hbond substituents is 1. The van der Waals surface area contributed by atoms with Crippen LogP contribution in [0.5, 0.6) is 11.8 Å². The maximum Gasteiger partial charge on any atom is 0.319 e. The minimum atomic E-state index is -0.568. The highest BCUT2D eigenvalue weighted by Crippen LogP contribution is 2.37. The average molecular weight is 526 g/mol. The van der Waals surface area contributed by atoms with E-state index < -0.39 is 5.82 Å². The molecule has 2 fully saturated rings. The molecule has 0 unspecified atom stereocenters. The number of ether oxygens (including phenoxy) is 1. The van der Waals surface area contributed by atoms with Crippen molar-refractivity contribution < 1.29 is 14.2 Å². The summed E-state index contributed by atoms with van der Waals surface area (Å²) in [5.41, 5.74) is 1.80. The molecular weight excluding hydrogens is 497 g/mol. The Labute approximate surface area is 224 Å². The van der Waals surface area contributed by atoms with Crippen LogP contribution in [0.4, 0.5) is 10.2 Å². The predicted molar refractivity (Wildman–Crippen MR) is 146 cm³/mol. The van der Waals surface area contributed by atoms with Crippen molar-refractivity contribution in [2.24, 2.45) is 7.05 Å². The third-order valence-corrected chi connectivity index (χ3v) is 7.77. The molecule has 7 rings (SSSR count). The summed E-state index contributed by atoms with van der Waals surface area (Å²) in [6.45, 7) is 1.88. The number of fused-ring (bicyclic) bond motifs is 4. The van der Waals surface area contributed by atoms with Crippen molar-refractivity contribution in [1.29, 1.82) is 0 Å². The van der Waals surface area contributed by atoms with Crippen molar-refractivity contribution in [2.45, 2.75) is 31.3 Å². The molecule has 0 spiro atoms. The van der Waals surface area contributed by atoms with E-state index in [4.69, 9.17) is 9.72 Å². The van der Waals surface area contributed by atoms with Crippen LogP contribution in [-0.2, 0) is 13.5 Å². The van der Waals surface area contributed by atoms with Crippen LogP contribution in [0.25, 0.3) is 32.9 Å². The number of phenols is 1. The number of halogens is 1. The van der Waals surface area contributed by atoms with E-state index in [1.807, 2.05) is 35.9 Å². The number of rotatable bonds is 6. The van der Waals surface area contributed by atoms with Crippen molar-refractivity contribution in [1.82, 2.24) is 29.8 Å². The molecule has 2 aliphatic heterocycles. The average Bonchev–Trinajstić information content (AvgIpc) is 3.51. The van der Waals surface area contributed by atoms with Gasteiger partial charge in [0.1, 0.15) is 22.8 Å². The van der Waals surface area contributed by atoms with Gasteiger partial charge in [-0.05, 0) is 35.7 Å². The van der Waals surface area contributed by atoms with E-state index in [1.165, 1.54) is 0 Å². The lowest BCUT2D eigenvalue weighted by molar-refractivity contribution is 0.294. The second kappa shape index (κ2) is 9.46. The minimum Gasteiger partial charge on any atom is -0.508 e. The van der Waals surface area contributed by atoms with Gasteiger partial charge in [0.15, 0.2) is 5.82 Å². The number of nitrogens with zero attached hydrogens (tertiary/aromatic N) is 6. The normalized spacial score (nSPS) is 18.8. The first-order chi connectivity index (χ1) is 19.0. The molecule has 9 nitrogen and oxygen atoms in total. The van der Waals surface area contributed by atoms with Gasteiger partial charge in [-0.2, -0.15) is 9.97 Å². The van der Waals surface area contributed by atoms with E-state index in [0.717, 1.165) is 42.4 Å². The van der Waals surface area contributed by atoms with Gasteiger partial charge in [-0.25, -0.2) is 9.37 Å². The Kier molecular flexibility index (Phi) is 5.77. The molecule has 2 aromatic carbocycles. The standard InChI is InChI=1S/C29H28FN7O2/c1-36-16-31-12-20(36)8-9-39-29-34-27-24(28(35-29)37-14-18-6-7-19(15-37)33-18)13-32-26(25(27)30)23-11-21(38)10-17-4-2-3-5-22(17)23/h2-5,10-13,16,18-19,33,38H,6-9,14-15H2,1H3/t18-,19+. The SMILES string of the molecule is Cn1cncc1CCOc1nc(N2C[C@H]3CC[C@@H](C2)N3)c2cnc(-c3cc(O)cc4ccccc34)c(F)c2n1. The van der Waals surface area contributed by atoms with Crippen LogP contribution in [0.1, 0.15) is 18.5 Å². The van der Waals surface area contributed by atoms with Crippen molar-refractivity contribution in [2.75, 3.05) is 24.6 Å². The number of nitrogens with one attached hydrogen (secondary N) is 1. The number of aromatic nitrogens is 5. The number of aryl methyl sites for hydroxylation is 1. The topological polar surface area (TPSA) is 101 Å². The molecule has 2 saturated heterocycles. The van der Waals surface area contributed by atoms with Gasteiger partial charge in [0.2, 0.25) is 0 Å². The van der Waals surface area contributed by atoms with Gasteiger partial charge < -0.3 is 24.6 Å². The number of piperazine rings is 1. The Morgan fingerprint density at radius 3 is 2.69 bits per heavy atom. The van der Waals surface area contributed by atoms with Gasteiger partial charge in [-0.15, -0.1) is 0 Å². The Hall–Kier alpha value is -4.31. The van der Waals surface area contributed by atoms with E-state index in [-0.39, 0.29) is 23.0 Å². The first-order valence-corrected chi connectivity index (χ1v) is 13.2. The van der Waals surface area contributed by atoms with E-state index in [2.05, 4.69) is 25.2 Å². The van der Waals surface area contributed by atoms with E-state index in [9.17, 15) is 5.11 Å². The number of pyridine rings is 1. The van der Waals surface area contributed by atoms with Gasteiger partial charge in [-0.3, -0.25) is 4.98 Å². The Balaban J connectivity index is 1.33. The fourth-order valence-electron chi connectivity index (χ4n) is 5.85. The maximum atomic E-state index is 16.4.